The van der Waals surface area contributed by atoms with Crippen molar-refractivity contribution in [3.8, 4) is 0 Å². The summed E-state index contributed by atoms with van der Waals surface area (Å²) in [7, 11) is 0. The molecule has 1 saturated heterocycles. The number of rotatable bonds is 7. The first-order valence-electron chi connectivity index (χ1n) is 10.9. The van der Waals surface area contributed by atoms with Crippen LogP contribution in [0.3, 0.4) is 0 Å². The zero-order chi connectivity index (χ0) is 22.5. The quantitative estimate of drug-likeness (QED) is 0.578. The predicted octanol–water partition coefficient (Wildman–Crippen LogP) is 4.29. The third-order valence-corrected chi connectivity index (χ3v) is 5.73. The minimum Gasteiger partial charge on any atom is -0.354 e. The fourth-order valence-corrected chi connectivity index (χ4v) is 4.34. The molecule has 0 bridgehead atoms. The van der Waals surface area contributed by atoms with Gasteiger partial charge in [0.05, 0.1) is 23.6 Å². The van der Waals surface area contributed by atoms with Crippen molar-refractivity contribution in [2.75, 3.05) is 18.4 Å². The number of anilines is 1. The van der Waals surface area contributed by atoms with E-state index in [2.05, 4.69) is 20.3 Å². The molecular formula is C24H27ClN6O. The molecule has 0 spiro atoms. The van der Waals surface area contributed by atoms with Gasteiger partial charge in [0.1, 0.15) is 0 Å². The summed E-state index contributed by atoms with van der Waals surface area (Å²) in [6.45, 7) is 5.10. The highest BCUT2D eigenvalue weighted by atomic mass is 35.5. The monoisotopic (exact) mass is 450 g/mol. The molecule has 3 aromatic rings. The molecule has 1 aliphatic heterocycles. The SMILES string of the molecule is Cc1cc(C)nc(NCCC(=O)N2CCCC2c2cncc(Cc3cccc(Cl)c3)n2)n1. The molecule has 1 aliphatic rings. The molecule has 1 atom stereocenters. The minimum atomic E-state index is -0.0354. The second kappa shape index (κ2) is 10.0. The van der Waals surface area contributed by atoms with E-state index in [4.69, 9.17) is 16.6 Å². The first-order chi connectivity index (χ1) is 15.5. The van der Waals surface area contributed by atoms with E-state index in [0.29, 0.717) is 30.4 Å². The number of hydrogen-bond acceptors (Lipinski definition) is 6. The maximum absolute atomic E-state index is 12.9. The Hall–Kier alpha value is -3.06. The summed E-state index contributed by atoms with van der Waals surface area (Å²) in [5.74, 6) is 0.666. The van der Waals surface area contributed by atoms with E-state index < -0.39 is 0 Å². The normalized spacial score (nSPS) is 15.7. The first kappa shape index (κ1) is 22.1. The number of carbonyl (C=O) groups excluding carboxylic acids is 1. The Morgan fingerprint density at radius 1 is 1.16 bits per heavy atom. The van der Waals surface area contributed by atoms with Crippen LogP contribution in [0.15, 0.2) is 42.7 Å². The Labute approximate surface area is 193 Å². The molecule has 0 aliphatic carbocycles. The van der Waals surface area contributed by atoms with Gasteiger partial charge < -0.3 is 10.2 Å². The number of nitrogens with one attached hydrogen (secondary N) is 1. The van der Waals surface area contributed by atoms with Gasteiger partial charge in [-0.15, -0.1) is 0 Å². The van der Waals surface area contributed by atoms with E-state index in [1.807, 2.05) is 49.1 Å². The molecule has 1 amide bonds. The Balaban J connectivity index is 1.39. The zero-order valence-electron chi connectivity index (χ0n) is 18.4. The molecule has 32 heavy (non-hydrogen) atoms. The van der Waals surface area contributed by atoms with Gasteiger partial charge >= 0.3 is 0 Å². The molecule has 8 heteroatoms. The lowest BCUT2D eigenvalue weighted by molar-refractivity contribution is -0.131. The Bertz CT molecular complexity index is 1090. The van der Waals surface area contributed by atoms with Gasteiger partial charge in [-0.2, -0.15) is 0 Å². The van der Waals surface area contributed by atoms with Gasteiger partial charge in [-0.05, 0) is 50.5 Å². The van der Waals surface area contributed by atoms with E-state index in [9.17, 15) is 4.79 Å². The fourth-order valence-electron chi connectivity index (χ4n) is 4.13. The number of nitrogens with zero attached hydrogens (tertiary/aromatic N) is 5. The third-order valence-electron chi connectivity index (χ3n) is 5.50. The average molecular weight is 451 g/mol. The molecule has 1 unspecified atom stereocenters. The number of benzene rings is 1. The highest BCUT2D eigenvalue weighted by Gasteiger charge is 2.31. The van der Waals surface area contributed by atoms with Crippen LogP contribution in [0.25, 0.3) is 0 Å². The van der Waals surface area contributed by atoms with Crippen LogP contribution in [0.1, 0.15) is 53.6 Å². The lowest BCUT2D eigenvalue weighted by Crippen LogP contribution is -2.32. The molecule has 0 radical (unpaired) electrons. The molecule has 7 nitrogen and oxygen atoms in total. The smallest absolute Gasteiger partial charge is 0.224 e. The van der Waals surface area contributed by atoms with Crippen LogP contribution in [0, 0.1) is 13.8 Å². The average Bonchev–Trinajstić information content (AvgIpc) is 3.23. The number of carbonyl (C=O) groups is 1. The first-order valence-corrected chi connectivity index (χ1v) is 11.3. The summed E-state index contributed by atoms with van der Waals surface area (Å²) in [6.07, 6.45) is 6.45. The Morgan fingerprint density at radius 3 is 2.75 bits per heavy atom. The largest absolute Gasteiger partial charge is 0.354 e. The van der Waals surface area contributed by atoms with Crippen molar-refractivity contribution in [1.82, 2.24) is 24.8 Å². The number of hydrogen-bond donors (Lipinski definition) is 1. The molecule has 166 valence electrons. The van der Waals surface area contributed by atoms with Crippen molar-refractivity contribution in [2.24, 2.45) is 0 Å². The Kier molecular flexibility index (Phi) is 6.95. The molecule has 2 aromatic heterocycles. The molecule has 3 heterocycles. The second-order valence-corrected chi connectivity index (χ2v) is 8.57. The van der Waals surface area contributed by atoms with Crippen molar-refractivity contribution in [2.45, 2.75) is 45.6 Å². The maximum Gasteiger partial charge on any atom is 0.224 e. The van der Waals surface area contributed by atoms with E-state index in [1.165, 1.54) is 0 Å². The van der Waals surface area contributed by atoms with Crippen LogP contribution in [-0.2, 0) is 11.2 Å². The van der Waals surface area contributed by atoms with Crippen molar-refractivity contribution in [3.63, 3.8) is 0 Å². The molecule has 4 rings (SSSR count). The zero-order valence-corrected chi connectivity index (χ0v) is 19.1. The van der Waals surface area contributed by atoms with Gasteiger partial charge in [0.2, 0.25) is 11.9 Å². The van der Waals surface area contributed by atoms with E-state index >= 15 is 0 Å². The summed E-state index contributed by atoms with van der Waals surface area (Å²) in [4.78, 5) is 32.8. The summed E-state index contributed by atoms with van der Waals surface area (Å²) in [5, 5.41) is 3.88. The van der Waals surface area contributed by atoms with Gasteiger partial charge in [-0.25, -0.2) is 9.97 Å². The lowest BCUT2D eigenvalue weighted by atomic mass is 10.1. The van der Waals surface area contributed by atoms with Crippen LogP contribution < -0.4 is 5.32 Å². The number of likely N-dealkylation sites (tertiary alicyclic amines) is 1. The van der Waals surface area contributed by atoms with Crippen LogP contribution in [0.2, 0.25) is 5.02 Å². The highest BCUT2D eigenvalue weighted by Crippen LogP contribution is 2.31. The molecule has 0 saturated carbocycles. The number of aryl methyl sites for hydroxylation is 2. The Morgan fingerprint density at radius 2 is 1.97 bits per heavy atom. The highest BCUT2D eigenvalue weighted by molar-refractivity contribution is 6.30. The summed E-state index contributed by atoms with van der Waals surface area (Å²) in [5.41, 5.74) is 4.62. The number of halogens is 1. The van der Waals surface area contributed by atoms with Gasteiger partial charge in [0.25, 0.3) is 0 Å². The van der Waals surface area contributed by atoms with Crippen molar-refractivity contribution < 1.29 is 4.79 Å². The van der Waals surface area contributed by atoms with Gasteiger partial charge in [-0.1, -0.05) is 23.7 Å². The fraction of sp³-hybridized carbons (Fsp3) is 0.375. The van der Waals surface area contributed by atoms with Gasteiger partial charge in [0.15, 0.2) is 0 Å². The van der Waals surface area contributed by atoms with E-state index in [0.717, 1.165) is 47.7 Å². The molecular weight excluding hydrogens is 424 g/mol. The summed E-state index contributed by atoms with van der Waals surface area (Å²) in [6, 6.07) is 9.64. The molecule has 1 N–H and O–H groups in total. The number of amides is 1. The third kappa shape index (κ3) is 5.59. The predicted molar refractivity (Wildman–Crippen MR) is 125 cm³/mol. The molecule has 1 aromatic carbocycles. The topological polar surface area (TPSA) is 83.9 Å². The standard InChI is InChI=1S/C24H27ClN6O/c1-16-11-17(2)29-24(28-16)27-9-8-23(32)31-10-4-7-22(31)21-15-26-14-20(30-21)13-18-5-3-6-19(25)12-18/h3,5-6,11-12,14-15,22H,4,7-10,13H2,1-2H3,(H,27,28,29). The number of aromatic nitrogens is 4. The molecule has 1 fully saturated rings. The second-order valence-electron chi connectivity index (χ2n) is 8.14. The van der Waals surface area contributed by atoms with Gasteiger partial charge in [-0.3, -0.25) is 14.8 Å². The van der Waals surface area contributed by atoms with Crippen molar-refractivity contribution in [3.05, 3.63) is 76.1 Å². The van der Waals surface area contributed by atoms with Gasteiger partial charge in [0, 0.05) is 48.5 Å². The van der Waals surface area contributed by atoms with Crippen LogP contribution in [0.5, 0.6) is 0 Å². The lowest BCUT2D eigenvalue weighted by Gasteiger charge is -2.24. The van der Waals surface area contributed by atoms with Crippen LogP contribution in [-0.4, -0.2) is 43.8 Å². The minimum absolute atomic E-state index is 0.0354. The summed E-state index contributed by atoms with van der Waals surface area (Å²) < 4.78 is 0. The van der Waals surface area contributed by atoms with E-state index in [-0.39, 0.29) is 11.9 Å². The van der Waals surface area contributed by atoms with Crippen LogP contribution in [0.4, 0.5) is 5.95 Å². The van der Waals surface area contributed by atoms with Crippen LogP contribution >= 0.6 is 11.6 Å². The van der Waals surface area contributed by atoms with Crippen molar-refractivity contribution >= 4 is 23.5 Å². The maximum atomic E-state index is 12.9. The van der Waals surface area contributed by atoms with E-state index in [1.54, 1.807) is 12.4 Å². The van der Waals surface area contributed by atoms with Crippen molar-refractivity contribution in [1.29, 1.82) is 0 Å². The summed E-state index contributed by atoms with van der Waals surface area (Å²) >= 11 is 6.10.